The van der Waals surface area contributed by atoms with Crippen LogP contribution in [0.1, 0.15) is 39.6 Å². The van der Waals surface area contributed by atoms with Gasteiger partial charge >= 0.3 is 5.97 Å². The molecular weight excluding hydrogens is 276 g/mol. The van der Waals surface area contributed by atoms with Crippen LogP contribution in [0.2, 0.25) is 0 Å². The zero-order chi connectivity index (χ0) is 14.7. The quantitative estimate of drug-likeness (QED) is 0.639. The molecule has 0 fully saturated rings. The van der Waals surface area contributed by atoms with Gasteiger partial charge in [0.25, 0.3) is 0 Å². The molecule has 0 saturated heterocycles. The summed E-state index contributed by atoms with van der Waals surface area (Å²) in [7, 11) is 0. The Kier molecular flexibility index (Phi) is 4.24. The number of hydrogen-bond donors (Lipinski definition) is 0. The van der Waals surface area contributed by atoms with Crippen LogP contribution in [0.5, 0.6) is 0 Å². The van der Waals surface area contributed by atoms with Gasteiger partial charge in [-0.15, -0.1) is 11.3 Å². The van der Waals surface area contributed by atoms with Crippen molar-refractivity contribution in [2.45, 2.75) is 20.8 Å². The lowest BCUT2D eigenvalue weighted by Crippen LogP contribution is -2.09. The van der Waals surface area contributed by atoms with Crippen LogP contribution in [0.4, 0.5) is 0 Å². The minimum Gasteiger partial charge on any atom is -0.461 e. The Hall–Kier alpha value is -2.08. The Morgan fingerprint density at radius 3 is 2.75 bits per heavy atom. The highest BCUT2D eigenvalue weighted by Crippen LogP contribution is 2.30. The van der Waals surface area contributed by atoms with Gasteiger partial charge in [0.2, 0.25) is 0 Å². The zero-order valence-electron chi connectivity index (χ0n) is 11.5. The highest BCUT2D eigenvalue weighted by molar-refractivity contribution is 7.17. The third kappa shape index (κ3) is 2.75. The Labute approximate surface area is 120 Å². The van der Waals surface area contributed by atoms with Gasteiger partial charge in [0.05, 0.1) is 6.61 Å². The van der Waals surface area contributed by atoms with E-state index in [1.54, 1.807) is 19.3 Å². The van der Waals surface area contributed by atoms with Gasteiger partial charge in [-0.05, 0) is 25.5 Å². The summed E-state index contributed by atoms with van der Waals surface area (Å²) in [5.41, 5.74) is 1.89. The number of aryl methyl sites for hydroxylation is 1. The third-order valence-corrected chi connectivity index (χ3v) is 3.87. The first-order chi connectivity index (χ1) is 9.54. The van der Waals surface area contributed by atoms with E-state index < -0.39 is 5.97 Å². The molecule has 2 aromatic heterocycles. The average Bonchev–Trinajstić information content (AvgIpc) is 2.84. The summed E-state index contributed by atoms with van der Waals surface area (Å²) >= 11 is 1.19. The fourth-order valence-electron chi connectivity index (χ4n) is 1.70. The summed E-state index contributed by atoms with van der Waals surface area (Å²) in [5, 5.41) is 0.601. The first kappa shape index (κ1) is 14.3. The molecule has 0 bridgehead atoms. The molecular formula is C14H14N2O3S. The van der Waals surface area contributed by atoms with Crippen molar-refractivity contribution in [3.05, 3.63) is 34.6 Å². The van der Waals surface area contributed by atoms with Crippen LogP contribution in [-0.2, 0) is 4.74 Å². The number of aromatic nitrogens is 2. The van der Waals surface area contributed by atoms with E-state index >= 15 is 0 Å². The van der Waals surface area contributed by atoms with Gasteiger partial charge in [0.1, 0.15) is 9.88 Å². The van der Waals surface area contributed by atoms with E-state index in [2.05, 4.69) is 9.97 Å². The molecule has 20 heavy (non-hydrogen) atoms. The van der Waals surface area contributed by atoms with E-state index in [4.69, 9.17) is 4.74 Å². The molecule has 0 radical (unpaired) electrons. The molecule has 0 aromatic carbocycles. The van der Waals surface area contributed by atoms with Crippen molar-refractivity contribution in [1.29, 1.82) is 0 Å². The number of rotatable bonds is 4. The predicted octanol–water partition coefficient (Wildman–Crippen LogP) is 2.89. The molecule has 0 aliphatic rings. The highest BCUT2D eigenvalue weighted by Gasteiger charge is 2.23. The molecule has 0 aliphatic carbocycles. The minimum atomic E-state index is -0.568. The van der Waals surface area contributed by atoms with E-state index in [1.165, 1.54) is 18.3 Å². The molecule has 0 aliphatic heterocycles. The van der Waals surface area contributed by atoms with Crippen LogP contribution in [0.3, 0.4) is 0 Å². The number of hydrogen-bond acceptors (Lipinski definition) is 6. The molecule has 6 heteroatoms. The van der Waals surface area contributed by atoms with Crippen molar-refractivity contribution in [3.8, 4) is 10.6 Å². The first-order valence-electron chi connectivity index (χ1n) is 6.14. The van der Waals surface area contributed by atoms with Crippen LogP contribution in [-0.4, -0.2) is 28.3 Å². The zero-order valence-corrected chi connectivity index (χ0v) is 12.3. The Balaban J connectivity index is 2.53. The fraction of sp³-hybridized carbons (Fsp3) is 0.286. The van der Waals surface area contributed by atoms with E-state index in [0.29, 0.717) is 9.88 Å². The summed E-state index contributed by atoms with van der Waals surface area (Å²) in [6.07, 6.45) is 3.36. The van der Waals surface area contributed by atoms with Crippen LogP contribution in [0.25, 0.3) is 10.6 Å². The Morgan fingerprint density at radius 1 is 1.40 bits per heavy atom. The summed E-state index contributed by atoms with van der Waals surface area (Å²) in [6, 6.07) is 1.86. The fourth-order valence-corrected chi connectivity index (χ4v) is 2.72. The molecule has 2 rings (SSSR count). The van der Waals surface area contributed by atoms with Crippen molar-refractivity contribution in [1.82, 2.24) is 9.97 Å². The number of ketones is 1. The van der Waals surface area contributed by atoms with Crippen molar-refractivity contribution in [3.63, 3.8) is 0 Å². The van der Waals surface area contributed by atoms with E-state index in [9.17, 15) is 9.59 Å². The smallest absolute Gasteiger partial charge is 0.358 e. The van der Waals surface area contributed by atoms with Crippen molar-refractivity contribution >= 4 is 23.1 Å². The molecule has 5 nitrogen and oxygen atoms in total. The maximum absolute atomic E-state index is 11.9. The number of carbonyl (C=O) groups excluding carboxylic acids is 2. The van der Waals surface area contributed by atoms with Crippen molar-refractivity contribution < 1.29 is 14.3 Å². The molecule has 2 heterocycles. The normalized spacial score (nSPS) is 10.3. The average molecular weight is 290 g/mol. The summed E-state index contributed by atoms with van der Waals surface area (Å²) in [4.78, 5) is 32.1. The van der Waals surface area contributed by atoms with Crippen LogP contribution in [0, 0.1) is 6.92 Å². The van der Waals surface area contributed by atoms with Crippen LogP contribution < -0.4 is 0 Å². The third-order valence-electron chi connectivity index (χ3n) is 2.69. The van der Waals surface area contributed by atoms with Crippen LogP contribution in [0.15, 0.2) is 18.5 Å². The Bertz CT molecular complexity index is 664. The largest absolute Gasteiger partial charge is 0.461 e. The predicted molar refractivity (Wildman–Crippen MR) is 76.0 cm³/mol. The first-order valence-corrected chi connectivity index (χ1v) is 6.96. The van der Waals surface area contributed by atoms with E-state index in [1.807, 2.05) is 13.0 Å². The monoisotopic (exact) mass is 290 g/mol. The molecule has 0 atom stereocenters. The number of pyridine rings is 1. The number of Topliss-reactive ketones (excluding diaryl/α,β-unsaturated/α-hetero) is 1. The van der Waals surface area contributed by atoms with Gasteiger partial charge < -0.3 is 4.74 Å². The van der Waals surface area contributed by atoms with Gasteiger partial charge in [-0.25, -0.2) is 9.78 Å². The van der Waals surface area contributed by atoms with Gasteiger partial charge in [0, 0.05) is 24.9 Å². The number of nitrogens with zero attached hydrogens (tertiary/aromatic N) is 2. The molecule has 2 aromatic rings. The van der Waals surface area contributed by atoms with Crippen molar-refractivity contribution in [2.24, 2.45) is 0 Å². The maximum Gasteiger partial charge on any atom is 0.358 e. The molecule has 0 unspecified atom stereocenters. The lowest BCUT2D eigenvalue weighted by atomic mass is 10.2. The Morgan fingerprint density at radius 2 is 2.15 bits per heavy atom. The van der Waals surface area contributed by atoms with Gasteiger partial charge in [-0.3, -0.25) is 9.78 Å². The maximum atomic E-state index is 11.9. The topological polar surface area (TPSA) is 69.2 Å². The summed E-state index contributed by atoms with van der Waals surface area (Å²) in [5.74, 6) is -0.764. The minimum absolute atomic E-state index is 0.0857. The summed E-state index contributed by atoms with van der Waals surface area (Å²) in [6.45, 7) is 5.30. The second kappa shape index (κ2) is 5.92. The standard InChI is InChI=1S/C14H14N2O3S/c1-4-19-14(18)11-12(9(3)17)20-13(16-11)10-7-15-6-5-8(10)2/h5-7H,4H2,1-3H3. The van der Waals surface area contributed by atoms with Gasteiger partial charge in [-0.1, -0.05) is 0 Å². The van der Waals surface area contributed by atoms with Crippen LogP contribution >= 0.6 is 11.3 Å². The lowest BCUT2D eigenvalue weighted by Gasteiger charge is -2.00. The lowest BCUT2D eigenvalue weighted by molar-refractivity contribution is 0.0517. The SMILES string of the molecule is CCOC(=O)c1nc(-c2cnccc2C)sc1C(C)=O. The second-order valence-electron chi connectivity index (χ2n) is 4.16. The molecule has 0 amide bonds. The molecule has 0 saturated carbocycles. The molecule has 0 N–H and O–H groups in total. The number of esters is 1. The van der Waals surface area contributed by atoms with Gasteiger partial charge in [0.15, 0.2) is 11.5 Å². The number of carbonyl (C=O) groups is 2. The van der Waals surface area contributed by atoms with Gasteiger partial charge in [-0.2, -0.15) is 0 Å². The number of ether oxygens (including phenoxy) is 1. The molecule has 104 valence electrons. The van der Waals surface area contributed by atoms with E-state index in [0.717, 1.165) is 11.1 Å². The molecule has 0 spiro atoms. The summed E-state index contributed by atoms with van der Waals surface area (Å²) < 4.78 is 4.94. The van der Waals surface area contributed by atoms with Crippen molar-refractivity contribution in [2.75, 3.05) is 6.61 Å². The second-order valence-corrected chi connectivity index (χ2v) is 5.16. The number of thiazole rings is 1. The highest BCUT2D eigenvalue weighted by atomic mass is 32.1. The van der Waals surface area contributed by atoms with E-state index in [-0.39, 0.29) is 18.1 Å².